The van der Waals surface area contributed by atoms with E-state index in [1.807, 2.05) is 25.7 Å². The maximum Gasteiger partial charge on any atom is 0.410 e. The van der Waals surface area contributed by atoms with Crippen molar-refractivity contribution in [2.24, 2.45) is 0 Å². The number of carbonyl (C=O) groups excluding carboxylic acids is 1. The average Bonchev–Trinajstić information content (AvgIpc) is 3.08. The van der Waals surface area contributed by atoms with E-state index >= 15 is 0 Å². The SMILES string of the molecule is CC(C)(C)OC(=O)N1CCCC(c2ccc(C3OCCO3)cc2)C1. The molecule has 3 rings (SSSR count). The van der Waals surface area contributed by atoms with Gasteiger partial charge in [-0.1, -0.05) is 24.3 Å². The van der Waals surface area contributed by atoms with Crippen LogP contribution >= 0.6 is 0 Å². The van der Waals surface area contributed by atoms with Crippen molar-refractivity contribution < 1.29 is 19.0 Å². The molecule has 0 radical (unpaired) electrons. The Kier molecular flexibility index (Phi) is 5.11. The van der Waals surface area contributed by atoms with E-state index in [4.69, 9.17) is 14.2 Å². The lowest BCUT2D eigenvalue weighted by Crippen LogP contribution is -2.42. The lowest BCUT2D eigenvalue weighted by Gasteiger charge is -2.34. The predicted octanol–water partition coefficient (Wildman–Crippen LogP) is 3.85. The van der Waals surface area contributed by atoms with Crippen LogP contribution in [0.5, 0.6) is 0 Å². The van der Waals surface area contributed by atoms with Crippen LogP contribution in [0.25, 0.3) is 0 Å². The number of nitrogens with zero attached hydrogens (tertiary/aromatic N) is 1. The second kappa shape index (κ2) is 7.11. The molecular weight excluding hydrogens is 306 g/mol. The monoisotopic (exact) mass is 333 g/mol. The highest BCUT2D eigenvalue weighted by atomic mass is 16.7. The minimum absolute atomic E-state index is 0.212. The van der Waals surface area contributed by atoms with Gasteiger partial charge in [0.25, 0.3) is 0 Å². The van der Waals surface area contributed by atoms with Crippen LogP contribution in [0.3, 0.4) is 0 Å². The number of amides is 1. The molecule has 0 bridgehead atoms. The van der Waals surface area contributed by atoms with Gasteiger partial charge in [0.1, 0.15) is 5.60 Å². The zero-order chi connectivity index (χ0) is 17.2. The van der Waals surface area contributed by atoms with Gasteiger partial charge in [0.2, 0.25) is 0 Å². The molecule has 0 aliphatic carbocycles. The zero-order valence-corrected chi connectivity index (χ0v) is 14.8. The molecular formula is C19H27NO4. The minimum atomic E-state index is -0.451. The Balaban J connectivity index is 1.63. The first kappa shape index (κ1) is 17.2. The highest BCUT2D eigenvalue weighted by molar-refractivity contribution is 5.68. The van der Waals surface area contributed by atoms with Crippen molar-refractivity contribution in [2.45, 2.75) is 51.4 Å². The number of piperidine rings is 1. The summed E-state index contributed by atoms with van der Waals surface area (Å²) in [4.78, 5) is 14.1. The van der Waals surface area contributed by atoms with E-state index in [1.165, 1.54) is 5.56 Å². The second-order valence-electron chi connectivity index (χ2n) is 7.51. The molecule has 2 fully saturated rings. The average molecular weight is 333 g/mol. The first-order chi connectivity index (χ1) is 11.4. The number of carbonyl (C=O) groups is 1. The summed E-state index contributed by atoms with van der Waals surface area (Å²) in [5.74, 6) is 0.353. The number of likely N-dealkylation sites (tertiary alicyclic amines) is 1. The van der Waals surface area contributed by atoms with Gasteiger partial charge in [-0.2, -0.15) is 0 Å². The van der Waals surface area contributed by atoms with Crippen molar-refractivity contribution in [3.63, 3.8) is 0 Å². The molecule has 1 aromatic carbocycles. The normalized spacial score (nSPS) is 22.6. The third-order valence-electron chi connectivity index (χ3n) is 4.37. The summed E-state index contributed by atoms with van der Waals surface area (Å²) in [6.45, 7) is 8.49. The molecule has 1 unspecified atom stereocenters. The Bertz CT molecular complexity index is 558. The van der Waals surface area contributed by atoms with Crippen LogP contribution in [-0.2, 0) is 14.2 Å². The number of rotatable bonds is 2. The van der Waals surface area contributed by atoms with Gasteiger partial charge in [0.15, 0.2) is 6.29 Å². The lowest BCUT2D eigenvalue weighted by atomic mass is 9.90. The minimum Gasteiger partial charge on any atom is -0.444 e. The van der Waals surface area contributed by atoms with Crippen molar-refractivity contribution in [3.05, 3.63) is 35.4 Å². The van der Waals surface area contributed by atoms with Crippen LogP contribution in [0.4, 0.5) is 4.79 Å². The van der Waals surface area contributed by atoms with Gasteiger partial charge < -0.3 is 19.1 Å². The van der Waals surface area contributed by atoms with Crippen LogP contribution in [-0.4, -0.2) is 42.9 Å². The summed E-state index contributed by atoms with van der Waals surface area (Å²) in [5.41, 5.74) is 1.86. The van der Waals surface area contributed by atoms with E-state index < -0.39 is 5.60 Å². The Morgan fingerprint density at radius 2 is 1.75 bits per heavy atom. The van der Waals surface area contributed by atoms with Crippen molar-refractivity contribution in [2.75, 3.05) is 26.3 Å². The molecule has 2 aliphatic rings. The van der Waals surface area contributed by atoms with Crippen LogP contribution in [0.2, 0.25) is 0 Å². The van der Waals surface area contributed by atoms with Crippen LogP contribution < -0.4 is 0 Å². The summed E-state index contributed by atoms with van der Waals surface area (Å²) in [5, 5.41) is 0. The Hall–Kier alpha value is -1.59. The van der Waals surface area contributed by atoms with Gasteiger partial charge in [0.05, 0.1) is 13.2 Å². The van der Waals surface area contributed by atoms with E-state index in [1.54, 1.807) is 0 Å². The van der Waals surface area contributed by atoms with E-state index in [0.717, 1.165) is 24.9 Å². The summed E-state index contributed by atoms with van der Waals surface area (Å²) in [7, 11) is 0. The second-order valence-corrected chi connectivity index (χ2v) is 7.51. The van der Waals surface area contributed by atoms with Crippen molar-refractivity contribution in [1.29, 1.82) is 0 Å². The molecule has 1 atom stereocenters. The third-order valence-corrected chi connectivity index (χ3v) is 4.37. The largest absolute Gasteiger partial charge is 0.444 e. The quantitative estimate of drug-likeness (QED) is 0.825. The molecule has 0 N–H and O–H groups in total. The van der Waals surface area contributed by atoms with Gasteiger partial charge in [-0.15, -0.1) is 0 Å². The summed E-state index contributed by atoms with van der Waals surface area (Å²) in [6, 6.07) is 8.39. The molecule has 132 valence electrons. The molecule has 1 aromatic rings. The van der Waals surface area contributed by atoms with Crippen LogP contribution in [0, 0.1) is 0 Å². The third kappa shape index (κ3) is 4.28. The predicted molar refractivity (Wildman–Crippen MR) is 90.9 cm³/mol. The molecule has 2 saturated heterocycles. The number of hydrogen-bond donors (Lipinski definition) is 0. The van der Waals surface area contributed by atoms with Crippen LogP contribution in [0.1, 0.15) is 56.9 Å². The number of benzene rings is 1. The topological polar surface area (TPSA) is 48.0 Å². The van der Waals surface area contributed by atoms with E-state index in [9.17, 15) is 4.79 Å². The van der Waals surface area contributed by atoms with E-state index in [0.29, 0.717) is 25.7 Å². The first-order valence-corrected chi connectivity index (χ1v) is 8.73. The van der Waals surface area contributed by atoms with E-state index in [2.05, 4.69) is 24.3 Å². The van der Waals surface area contributed by atoms with Crippen molar-refractivity contribution >= 4 is 6.09 Å². The molecule has 2 heterocycles. The Morgan fingerprint density at radius 1 is 1.12 bits per heavy atom. The molecule has 0 aromatic heterocycles. The Labute approximate surface area is 143 Å². The molecule has 5 nitrogen and oxygen atoms in total. The maximum absolute atomic E-state index is 12.3. The lowest BCUT2D eigenvalue weighted by molar-refractivity contribution is -0.0441. The van der Waals surface area contributed by atoms with Gasteiger partial charge in [-0.05, 0) is 39.2 Å². The fourth-order valence-corrected chi connectivity index (χ4v) is 3.22. The molecule has 0 saturated carbocycles. The van der Waals surface area contributed by atoms with Gasteiger partial charge >= 0.3 is 6.09 Å². The van der Waals surface area contributed by atoms with Crippen LogP contribution in [0.15, 0.2) is 24.3 Å². The van der Waals surface area contributed by atoms with Crippen molar-refractivity contribution in [1.82, 2.24) is 4.90 Å². The van der Waals surface area contributed by atoms with Gasteiger partial charge in [0, 0.05) is 24.6 Å². The summed E-state index contributed by atoms with van der Waals surface area (Å²) in [6.07, 6.45) is 1.65. The smallest absolute Gasteiger partial charge is 0.410 e. The molecule has 5 heteroatoms. The molecule has 2 aliphatic heterocycles. The summed E-state index contributed by atoms with van der Waals surface area (Å²) < 4.78 is 16.6. The fraction of sp³-hybridized carbons (Fsp3) is 0.632. The molecule has 1 amide bonds. The fourth-order valence-electron chi connectivity index (χ4n) is 3.22. The van der Waals surface area contributed by atoms with Crippen molar-refractivity contribution in [3.8, 4) is 0 Å². The number of ether oxygens (including phenoxy) is 3. The number of hydrogen-bond acceptors (Lipinski definition) is 4. The highest BCUT2D eigenvalue weighted by Crippen LogP contribution is 2.30. The first-order valence-electron chi connectivity index (χ1n) is 8.73. The standard InChI is InChI=1S/C19H27NO4/c1-19(2,3)24-18(21)20-10-4-5-16(13-20)14-6-8-15(9-7-14)17-22-11-12-23-17/h6-9,16-17H,4-5,10-13H2,1-3H3. The van der Waals surface area contributed by atoms with E-state index in [-0.39, 0.29) is 12.4 Å². The Morgan fingerprint density at radius 3 is 2.38 bits per heavy atom. The maximum atomic E-state index is 12.3. The van der Waals surface area contributed by atoms with Gasteiger partial charge in [-0.25, -0.2) is 4.79 Å². The highest BCUT2D eigenvalue weighted by Gasteiger charge is 2.28. The molecule has 0 spiro atoms. The zero-order valence-electron chi connectivity index (χ0n) is 14.8. The molecule has 24 heavy (non-hydrogen) atoms. The van der Waals surface area contributed by atoms with Gasteiger partial charge in [-0.3, -0.25) is 0 Å². The summed E-state index contributed by atoms with van der Waals surface area (Å²) >= 11 is 0.